The van der Waals surface area contributed by atoms with E-state index in [2.05, 4.69) is 4.98 Å². The Labute approximate surface area is 182 Å². The van der Waals surface area contributed by atoms with Crippen molar-refractivity contribution >= 4 is 22.9 Å². The number of thiazole rings is 1. The summed E-state index contributed by atoms with van der Waals surface area (Å²) in [6, 6.07) is 17.8. The van der Waals surface area contributed by atoms with Crippen LogP contribution in [0, 0.1) is 5.82 Å². The molecule has 1 aliphatic heterocycles. The fraction of sp³-hybridized carbons (Fsp3) is 0.125. The van der Waals surface area contributed by atoms with Crippen LogP contribution in [0.4, 0.5) is 10.1 Å². The lowest BCUT2D eigenvalue weighted by Gasteiger charge is -2.33. The van der Waals surface area contributed by atoms with E-state index in [0.717, 1.165) is 22.0 Å². The van der Waals surface area contributed by atoms with E-state index in [-0.39, 0.29) is 18.3 Å². The number of fused-ring (bicyclic) bond motifs is 1. The van der Waals surface area contributed by atoms with Crippen LogP contribution in [0.5, 0.6) is 5.75 Å². The molecule has 2 aromatic carbocycles. The van der Waals surface area contributed by atoms with Crippen molar-refractivity contribution in [2.24, 2.45) is 0 Å². The SMILES string of the molecule is CC1Oc2ccc(-c3csc(-c4ccccn4)n3)cc2N(Cc2ccccc2F)C1=O. The molecule has 0 aliphatic carbocycles. The third kappa shape index (κ3) is 3.68. The van der Waals surface area contributed by atoms with Crippen LogP contribution in [-0.4, -0.2) is 22.0 Å². The summed E-state index contributed by atoms with van der Waals surface area (Å²) in [4.78, 5) is 23.5. The largest absolute Gasteiger partial charge is 0.479 e. The van der Waals surface area contributed by atoms with E-state index in [4.69, 9.17) is 9.72 Å². The molecule has 4 aromatic rings. The molecule has 2 aromatic heterocycles. The Hall–Kier alpha value is -3.58. The van der Waals surface area contributed by atoms with Gasteiger partial charge in [0, 0.05) is 22.7 Å². The molecule has 0 fully saturated rings. The third-order valence-electron chi connectivity index (χ3n) is 5.14. The van der Waals surface area contributed by atoms with Crippen LogP contribution in [0.25, 0.3) is 22.0 Å². The van der Waals surface area contributed by atoms with E-state index in [1.807, 2.05) is 41.8 Å². The minimum absolute atomic E-state index is 0.131. The molecule has 0 bridgehead atoms. The van der Waals surface area contributed by atoms with E-state index in [1.165, 1.54) is 17.4 Å². The Morgan fingerprint density at radius 3 is 2.74 bits per heavy atom. The van der Waals surface area contributed by atoms with Gasteiger partial charge in [-0.05, 0) is 43.3 Å². The Kier molecular flexibility index (Phi) is 4.95. The van der Waals surface area contributed by atoms with E-state index in [1.54, 1.807) is 36.2 Å². The first-order valence-corrected chi connectivity index (χ1v) is 10.7. The van der Waals surface area contributed by atoms with Gasteiger partial charge in [-0.1, -0.05) is 24.3 Å². The number of halogens is 1. The van der Waals surface area contributed by atoms with Crippen molar-refractivity contribution in [3.05, 3.63) is 83.6 Å². The number of pyridine rings is 1. The molecular formula is C24H18FN3O2S. The maximum absolute atomic E-state index is 14.3. The van der Waals surface area contributed by atoms with Crippen molar-refractivity contribution in [1.82, 2.24) is 9.97 Å². The normalized spacial score (nSPS) is 15.5. The van der Waals surface area contributed by atoms with Crippen LogP contribution in [0.2, 0.25) is 0 Å². The number of carbonyl (C=O) groups excluding carboxylic acids is 1. The minimum Gasteiger partial charge on any atom is -0.479 e. The van der Waals surface area contributed by atoms with Crippen molar-refractivity contribution in [2.75, 3.05) is 4.90 Å². The van der Waals surface area contributed by atoms with E-state index in [9.17, 15) is 9.18 Å². The van der Waals surface area contributed by atoms with Crippen molar-refractivity contribution in [1.29, 1.82) is 0 Å². The number of amides is 1. The molecule has 0 radical (unpaired) electrons. The summed E-state index contributed by atoms with van der Waals surface area (Å²) in [6.07, 6.45) is 1.10. The van der Waals surface area contributed by atoms with Crippen LogP contribution in [-0.2, 0) is 11.3 Å². The third-order valence-corrected chi connectivity index (χ3v) is 6.00. The summed E-state index contributed by atoms with van der Waals surface area (Å²) in [5.74, 6) is 0.0411. The van der Waals surface area contributed by atoms with Gasteiger partial charge in [0.25, 0.3) is 5.91 Å². The lowest BCUT2D eigenvalue weighted by atomic mass is 10.1. The number of hydrogen-bond acceptors (Lipinski definition) is 5. The van der Waals surface area contributed by atoms with Gasteiger partial charge in [-0.3, -0.25) is 9.78 Å². The second kappa shape index (κ2) is 7.92. The fourth-order valence-corrected chi connectivity index (χ4v) is 4.34. The van der Waals surface area contributed by atoms with Crippen LogP contribution < -0.4 is 9.64 Å². The summed E-state index contributed by atoms with van der Waals surface area (Å²) < 4.78 is 20.1. The van der Waals surface area contributed by atoms with Crippen molar-refractivity contribution in [3.8, 4) is 27.7 Å². The maximum Gasteiger partial charge on any atom is 0.268 e. The Balaban J connectivity index is 1.53. The molecular weight excluding hydrogens is 413 g/mol. The Bertz CT molecular complexity index is 1260. The number of nitrogens with zero attached hydrogens (tertiary/aromatic N) is 3. The number of aromatic nitrogens is 2. The zero-order valence-electron chi connectivity index (χ0n) is 16.7. The molecule has 5 nitrogen and oxygen atoms in total. The van der Waals surface area contributed by atoms with Gasteiger partial charge in [0.1, 0.15) is 16.6 Å². The topological polar surface area (TPSA) is 55.3 Å². The highest BCUT2D eigenvalue weighted by atomic mass is 32.1. The first kappa shape index (κ1) is 19.4. The average molecular weight is 431 g/mol. The molecule has 1 unspecified atom stereocenters. The van der Waals surface area contributed by atoms with Crippen molar-refractivity contribution < 1.29 is 13.9 Å². The van der Waals surface area contributed by atoms with Gasteiger partial charge in [-0.25, -0.2) is 9.37 Å². The molecule has 7 heteroatoms. The van der Waals surface area contributed by atoms with Gasteiger partial charge in [0.15, 0.2) is 6.10 Å². The second-order valence-electron chi connectivity index (χ2n) is 7.21. The number of hydrogen-bond donors (Lipinski definition) is 0. The van der Waals surface area contributed by atoms with Gasteiger partial charge >= 0.3 is 0 Å². The summed E-state index contributed by atoms with van der Waals surface area (Å²) in [6.45, 7) is 1.83. The van der Waals surface area contributed by atoms with E-state index in [0.29, 0.717) is 17.0 Å². The van der Waals surface area contributed by atoms with Gasteiger partial charge in [0.05, 0.1) is 23.6 Å². The number of anilines is 1. The van der Waals surface area contributed by atoms with Crippen LogP contribution >= 0.6 is 11.3 Å². The molecule has 0 saturated carbocycles. The molecule has 1 aliphatic rings. The minimum atomic E-state index is -0.639. The number of ether oxygens (including phenoxy) is 1. The van der Waals surface area contributed by atoms with Crippen LogP contribution in [0.3, 0.4) is 0 Å². The zero-order chi connectivity index (χ0) is 21.4. The lowest BCUT2D eigenvalue weighted by molar-refractivity contribution is -0.125. The quantitative estimate of drug-likeness (QED) is 0.439. The predicted molar refractivity (Wildman–Crippen MR) is 118 cm³/mol. The molecule has 1 atom stereocenters. The summed E-state index contributed by atoms with van der Waals surface area (Å²) in [7, 11) is 0. The number of rotatable bonds is 4. The van der Waals surface area contributed by atoms with Crippen molar-refractivity contribution in [3.63, 3.8) is 0 Å². The number of carbonyl (C=O) groups is 1. The Morgan fingerprint density at radius 2 is 1.94 bits per heavy atom. The molecule has 0 spiro atoms. The second-order valence-corrected chi connectivity index (χ2v) is 8.07. The van der Waals surface area contributed by atoms with Gasteiger partial charge < -0.3 is 9.64 Å². The smallest absolute Gasteiger partial charge is 0.268 e. The molecule has 0 N–H and O–H groups in total. The van der Waals surface area contributed by atoms with Crippen LogP contribution in [0.1, 0.15) is 12.5 Å². The molecule has 5 rings (SSSR count). The first-order valence-electron chi connectivity index (χ1n) is 9.83. The molecule has 0 saturated heterocycles. The van der Waals surface area contributed by atoms with Crippen molar-refractivity contribution in [2.45, 2.75) is 19.6 Å². The lowest BCUT2D eigenvalue weighted by Crippen LogP contribution is -2.44. The highest BCUT2D eigenvalue weighted by Gasteiger charge is 2.32. The zero-order valence-corrected chi connectivity index (χ0v) is 17.5. The van der Waals surface area contributed by atoms with Crippen LogP contribution in [0.15, 0.2) is 72.2 Å². The van der Waals surface area contributed by atoms with Gasteiger partial charge in [-0.2, -0.15) is 0 Å². The Morgan fingerprint density at radius 1 is 1.10 bits per heavy atom. The molecule has 154 valence electrons. The highest BCUT2D eigenvalue weighted by Crippen LogP contribution is 2.39. The molecule has 31 heavy (non-hydrogen) atoms. The predicted octanol–water partition coefficient (Wildman–Crippen LogP) is 5.33. The highest BCUT2D eigenvalue weighted by molar-refractivity contribution is 7.13. The molecule has 3 heterocycles. The fourth-order valence-electron chi connectivity index (χ4n) is 3.54. The van der Waals surface area contributed by atoms with Gasteiger partial charge in [-0.15, -0.1) is 11.3 Å². The maximum atomic E-state index is 14.3. The monoisotopic (exact) mass is 431 g/mol. The van der Waals surface area contributed by atoms with Gasteiger partial charge in [0.2, 0.25) is 0 Å². The van der Waals surface area contributed by atoms with E-state index < -0.39 is 6.10 Å². The van der Waals surface area contributed by atoms with E-state index >= 15 is 0 Å². The summed E-state index contributed by atoms with van der Waals surface area (Å²) in [5, 5.41) is 2.78. The molecule has 1 amide bonds. The standard InChI is InChI=1S/C24H18FN3O2S/c1-15-24(29)28(13-17-6-2-3-7-18(17)25)21-12-16(9-10-22(21)30-15)20-14-31-23(27-20)19-8-4-5-11-26-19/h2-12,14-15H,13H2,1H3. The first-order chi connectivity index (χ1) is 15.1. The number of benzene rings is 2. The summed E-state index contributed by atoms with van der Waals surface area (Å²) in [5.41, 5.74) is 3.50. The summed E-state index contributed by atoms with van der Waals surface area (Å²) >= 11 is 1.51. The average Bonchev–Trinajstić information content (AvgIpc) is 3.29.